The summed E-state index contributed by atoms with van der Waals surface area (Å²) in [6, 6.07) is 0.609. The molecule has 0 aromatic carbocycles. The van der Waals surface area contributed by atoms with Gasteiger partial charge < -0.3 is 11.1 Å². The highest BCUT2D eigenvalue weighted by Crippen LogP contribution is 2.00. The number of carbonyl (C=O) groups excluding carboxylic acids is 1. The zero-order valence-electron chi connectivity index (χ0n) is 8.81. The third-order valence-corrected chi connectivity index (χ3v) is 2.16. The molecule has 3 heteroatoms. The van der Waals surface area contributed by atoms with Gasteiger partial charge in [-0.15, -0.1) is 0 Å². The van der Waals surface area contributed by atoms with Gasteiger partial charge in [-0.2, -0.15) is 0 Å². The van der Waals surface area contributed by atoms with E-state index < -0.39 is 0 Å². The predicted molar refractivity (Wildman–Crippen MR) is 55.4 cm³/mol. The van der Waals surface area contributed by atoms with Crippen molar-refractivity contribution in [2.45, 2.75) is 52.0 Å². The molecule has 0 aliphatic rings. The van der Waals surface area contributed by atoms with Crippen LogP contribution in [0.2, 0.25) is 0 Å². The van der Waals surface area contributed by atoms with Crippen molar-refractivity contribution in [3.8, 4) is 0 Å². The second-order valence-electron chi connectivity index (χ2n) is 3.42. The first kappa shape index (κ1) is 12.4. The first-order valence-corrected chi connectivity index (χ1v) is 5.22. The molecule has 0 fully saturated rings. The standard InChI is InChI=1S/C10H22N2O/c1-3-6-9(4-2)12-8-5-7-10(11)13/h9,12H,3-8H2,1-2H3,(H2,11,13). The van der Waals surface area contributed by atoms with E-state index in [4.69, 9.17) is 5.73 Å². The van der Waals surface area contributed by atoms with Crippen molar-refractivity contribution in [2.24, 2.45) is 5.73 Å². The van der Waals surface area contributed by atoms with Gasteiger partial charge in [0.25, 0.3) is 0 Å². The Labute approximate surface area is 81.1 Å². The second kappa shape index (κ2) is 8.05. The second-order valence-corrected chi connectivity index (χ2v) is 3.42. The van der Waals surface area contributed by atoms with Crippen molar-refractivity contribution in [1.29, 1.82) is 0 Å². The van der Waals surface area contributed by atoms with Crippen LogP contribution in [0.15, 0.2) is 0 Å². The van der Waals surface area contributed by atoms with Gasteiger partial charge in [0.2, 0.25) is 5.91 Å². The van der Waals surface area contributed by atoms with Crippen LogP contribution in [-0.2, 0) is 4.79 Å². The Kier molecular flexibility index (Phi) is 7.69. The third-order valence-electron chi connectivity index (χ3n) is 2.16. The number of nitrogens with one attached hydrogen (secondary N) is 1. The summed E-state index contributed by atoms with van der Waals surface area (Å²) in [5.74, 6) is -0.203. The van der Waals surface area contributed by atoms with Crippen molar-refractivity contribution >= 4 is 5.91 Å². The normalized spacial score (nSPS) is 12.8. The van der Waals surface area contributed by atoms with Crippen LogP contribution in [0.25, 0.3) is 0 Å². The quantitative estimate of drug-likeness (QED) is 0.563. The van der Waals surface area contributed by atoms with E-state index in [1.165, 1.54) is 12.8 Å². The van der Waals surface area contributed by atoms with E-state index in [0.717, 1.165) is 19.4 Å². The zero-order chi connectivity index (χ0) is 10.1. The summed E-state index contributed by atoms with van der Waals surface area (Å²) in [7, 11) is 0. The summed E-state index contributed by atoms with van der Waals surface area (Å²) in [6.45, 7) is 5.27. The number of amides is 1. The molecule has 0 aliphatic carbocycles. The van der Waals surface area contributed by atoms with Gasteiger partial charge in [-0.05, 0) is 25.8 Å². The van der Waals surface area contributed by atoms with Gasteiger partial charge in [-0.1, -0.05) is 20.3 Å². The summed E-state index contributed by atoms with van der Waals surface area (Å²) in [4.78, 5) is 10.4. The summed E-state index contributed by atoms with van der Waals surface area (Å²) >= 11 is 0. The molecule has 3 N–H and O–H groups in total. The van der Waals surface area contributed by atoms with Crippen LogP contribution < -0.4 is 11.1 Å². The molecule has 0 spiro atoms. The maximum atomic E-state index is 10.4. The highest BCUT2D eigenvalue weighted by molar-refractivity contribution is 5.73. The number of rotatable bonds is 8. The van der Waals surface area contributed by atoms with Gasteiger partial charge in [0.1, 0.15) is 0 Å². The van der Waals surface area contributed by atoms with E-state index in [1.54, 1.807) is 0 Å². The Morgan fingerprint density at radius 2 is 2.15 bits per heavy atom. The third kappa shape index (κ3) is 7.78. The molecule has 0 heterocycles. The fourth-order valence-electron chi connectivity index (χ4n) is 1.37. The summed E-state index contributed by atoms with van der Waals surface area (Å²) in [5, 5.41) is 3.42. The first-order chi connectivity index (χ1) is 6.20. The molecule has 3 nitrogen and oxygen atoms in total. The van der Waals surface area contributed by atoms with Crippen molar-refractivity contribution in [1.82, 2.24) is 5.32 Å². The van der Waals surface area contributed by atoms with Crippen molar-refractivity contribution in [2.75, 3.05) is 6.54 Å². The van der Waals surface area contributed by atoms with E-state index in [9.17, 15) is 4.79 Å². The lowest BCUT2D eigenvalue weighted by Crippen LogP contribution is -2.29. The Morgan fingerprint density at radius 1 is 1.46 bits per heavy atom. The number of nitrogens with two attached hydrogens (primary N) is 1. The van der Waals surface area contributed by atoms with Crippen molar-refractivity contribution in [3.63, 3.8) is 0 Å². The van der Waals surface area contributed by atoms with Crippen LogP contribution in [0.5, 0.6) is 0 Å². The number of hydrogen-bond acceptors (Lipinski definition) is 2. The molecule has 0 saturated heterocycles. The van der Waals surface area contributed by atoms with Crippen LogP contribution in [-0.4, -0.2) is 18.5 Å². The van der Waals surface area contributed by atoms with Crippen LogP contribution in [0.4, 0.5) is 0 Å². The highest BCUT2D eigenvalue weighted by atomic mass is 16.1. The fourth-order valence-corrected chi connectivity index (χ4v) is 1.37. The van der Waals surface area contributed by atoms with Gasteiger partial charge in [0.05, 0.1) is 0 Å². The lowest BCUT2D eigenvalue weighted by molar-refractivity contribution is -0.118. The minimum Gasteiger partial charge on any atom is -0.370 e. The monoisotopic (exact) mass is 186 g/mol. The van der Waals surface area contributed by atoms with Gasteiger partial charge in [0, 0.05) is 12.5 Å². The minimum atomic E-state index is -0.203. The SMILES string of the molecule is CCCC(CC)NCCCC(N)=O. The van der Waals surface area contributed by atoms with E-state index in [-0.39, 0.29) is 5.91 Å². The largest absolute Gasteiger partial charge is 0.370 e. The lowest BCUT2D eigenvalue weighted by atomic mass is 10.1. The van der Waals surface area contributed by atoms with E-state index >= 15 is 0 Å². The molecule has 0 saturated carbocycles. The summed E-state index contributed by atoms with van der Waals surface area (Å²) in [5.41, 5.74) is 5.03. The van der Waals surface area contributed by atoms with Crippen LogP contribution in [0.3, 0.4) is 0 Å². The molecule has 0 radical (unpaired) electrons. The van der Waals surface area contributed by atoms with Crippen LogP contribution in [0, 0.1) is 0 Å². The highest BCUT2D eigenvalue weighted by Gasteiger charge is 2.03. The molecular formula is C10H22N2O. The maximum absolute atomic E-state index is 10.4. The zero-order valence-corrected chi connectivity index (χ0v) is 8.81. The molecule has 0 rings (SSSR count). The molecule has 78 valence electrons. The number of primary amides is 1. The average molecular weight is 186 g/mol. The fraction of sp³-hybridized carbons (Fsp3) is 0.900. The Morgan fingerprint density at radius 3 is 2.62 bits per heavy atom. The van der Waals surface area contributed by atoms with Crippen LogP contribution >= 0.6 is 0 Å². The Balaban J connectivity index is 3.32. The molecule has 0 bridgehead atoms. The van der Waals surface area contributed by atoms with E-state index in [2.05, 4.69) is 19.2 Å². The Bertz CT molecular complexity index is 137. The molecular weight excluding hydrogens is 164 g/mol. The number of carbonyl (C=O) groups is 1. The molecule has 1 amide bonds. The van der Waals surface area contributed by atoms with E-state index in [1.807, 2.05) is 0 Å². The smallest absolute Gasteiger partial charge is 0.217 e. The molecule has 0 aliphatic heterocycles. The van der Waals surface area contributed by atoms with Gasteiger partial charge >= 0.3 is 0 Å². The summed E-state index contributed by atoms with van der Waals surface area (Å²) in [6.07, 6.45) is 4.93. The maximum Gasteiger partial charge on any atom is 0.217 e. The average Bonchev–Trinajstić information content (AvgIpc) is 2.10. The van der Waals surface area contributed by atoms with Crippen LogP contribution in [0.1, 0.15) is 46.0 Å². The van der Waals surface area contributed by atoms with Gasteiger partial charge in [-0.25, -0.2) is 0 Å². The number of hydrogen-bond donors (Lipinski definition) is 2. The van der Waals surface area contributed by atoms with Crippen molar-refractivity contribution in [3.05, 3.63) is 0 Å². The van der Waals surface area contributed by atoms with Crippen molar-refractivity contribution < 1.29 is 4.79 Å². The topological polar surface area (TPSA) is 55.1 Å². The summed E-state index contributed by atoms with van der Waals surface area (Å²) < 4.78 is 0. The molecule has 1 unspecified atom stereocenters. The van der Waals surface area contributed by atoms with Gasteiger partial charge in [-0.3, -0.25) is 4.79 Å². The predicted octanol–water partition coefficient (Wildman–Crippen LogP) is 1.42. The molecule has 0 aromatic rings. The molecule has 13 heavy (non-hydrogen) atoms. The first-order valence-electron chi connectivity index (χ1n) is 5.22. The Hall–Kier alpha value is -0.570. The lowest BCUT2D eigenvalue weighted by Gasteiger charge is -2.15. The molecule has 0 aromatic heterocycles. The molecule has 1 atom stereocenters. The minimum absolute atomic E-state index is 0.203. The van der Waals surface area contributed by atoms with Gasteiger partial charge in [0.15, 0.2) is 0 Å². The van der Waals surface area contributed by atoms with E-state index in [0.29, 0.717) is 12.5 Å².